The Morgan fingerprint density at radius 3 is 3.06 bits per heavy atom. The van der Waals surface area contributed by atoms with E-state index in [4.69, 9.17) is 0 Å². The van der Waals surface area contributed by atoms with E-state index in [-0.39, 0.29) is 0 Å². The molecule has 2 rings (SSSR count). The molecule has 0 aromatic carbocycles. The predicted molar refractivity (Wildman–Crippen MR) is 71.2 cm³/mol. The van der Waals surface area contributed by atoms with Crippen molar-refractivity contribution in [2.45, 2.75) is 52.5 Å². The molecule has 1 aliphatic heterocycles. The van der Waals surface area contributed by atoms with Crippen LogP contribution in [0.15, 0.2) is 12.3 Å². The predicted octanol–water partition coefficient (Wildman–Crippen LogP) is 3.19. The molecule has 2 heterocycles. The Bertz CT molecular complexity index is 364. The Kier molecular flexibility index (Phi) is 3.97. The number of hydrogen-bond donors (Lipinski definition) is 0. The van der Waals surface area contributed by atoms with Gasteiger partial charge in [0.15, 0.2) is 0 Å². The summed E-state index contributed by atoms with van der Waals surface area (Å²) in [6, 6.07) is 2.60. The monoisotopic (exact) mass is 233 g/mol. The maximum absolute atomic E-state index is 4.56. The average molecular weight is 233 g/mol. The summed E-state index contributed by atoms with van der Waals surface area (Å²) < 4.78 is 0. The molecule has 3 heteroatoms. The van der Waals surface area contributed by atoms with Crippen LogP contribution in [0, 0.1) is 12.8 Å². The smallest absolute Gasteiger partial charge is 0.225 e. The van der Waals surface area contributed by atoms with Gasteiger partial charge in [0.25, 0.3) is 0 Å². The van der Waals surface area contributed by atoms with E-state index in [2.05, 4.69) is 28.7 Å². The van der Waals surface area contributed by atoms with Gasteiger partial charge in [-0.3, -0.25) is 0 Å². The molecule has 94 valence electrons. The standard InChI is InChI=1S/C14H23N3/c1-4-6-11(2)13-7-5-10-17(13)14-15-9-8-12(3)16-14/h8-9,11,13H,4-7,10H2,1-3H3. The molecule has 2 unspecified atom stereocenters. The van der Waals surface area contributed by atoms with Crippen molar-refractivity contribution in [1.29, 1.82) is 0 Å². The molecule has 0 amide bonds. The van der Waals surface area contributed by atoms with E-state index in [1.54, 1.807) is 0 Å². The molecule has 1 aromatic heterocycles. The minimum absolute atomic E-state index is 0.636. The number of rotatable bonds is 4. The highest BCUT2D eigenvalue weighted by Gasteiger charge is 2.30. The van der Waals surface area contributed by atoms with Crippen molar-refractivity contribution >= 4 is 5.95 Å². The number of hydrogen-bond acceptors (Lipinski definition) is 3. The van der Waals surface area contributed by atoms with Crippen molar-refractivity contribution in [2.24, 2.45) is 5.92 Å². The number of anilines is 1. The minimum atomic E-state index is 0.636. The largest absolute Gasteiger partial charge is 0.338 e. The van der Waals surface area contributed by atoms with E-state index in [9.17, 15) is 0 Å². The van der Waals surface area contributed by atoms with Gasteiger partial charge in [0.05, 0.1) is 0 Å². The van der Waals surface area contributed by atoms with Gasteiger partial charge in [-0.2, -0.15) is 0 Å². The first-order chi connectivity index (χ1) is 8.22. The molecule has 0 bridgehead atoms. The summed E-state index contributed by atoms with van der Waals surface area (Å²) in [6.07, 6.45) is 7.00. The van der Waals surface area contributed by atoms with Crippen molar-refractivity contribution in [1.82, 2.24) is 9.97 Å². The van der Waals surface area contributed by atoms with Crippen molar-refractivity contribution in [3.05, 3.63) is 18.0 Å². The Balaban J connectivity index is 2.14. The van der Waals surface area contributed by atoms with Crippen LogP contribution in [0.5, 0.6) is 0 Å². The zero-order valence-electron chi connectivity index (χ0n) is 11.2. The van der Waals surface area contributed by atoms with E-state index in [0.717, 1.165) is 24.1 Å². The van der Waals surface area contributed by atoms with E-state index < -0.39 is 0 Å². The topological polar surface area (TPSA) is 29.0 Å². The van der Waals surface area contributed by atoms with Crippen molar-refractivity contribution in [2.75, 3.05) is 11.4 Å². The van der Waals surface area contributed by atoms with E-state index in [1.165, 1.54) is 25.7 Å². The molecule has 17 heavy (non-hydrogen) atoms. The fourth-order valence-corrected chi connectivity index (χ4v) is 2.85. The lowest BCUT2D eigenvalue weighted by Crippen LogP contribution is -2.35. The Morgan fingerprint density at radius 1 is 1.53 bits per heavy atom. The van der Waals surface area contributed by atoms with Crippen LogP contribution >= 0.6 is 0 Å². The first kappa shape index (κ1) is 12.3. The lowest BCUT2D eigenvalue weighted by molar-refractivity contribution is 0.418. The van der Waals surface area contributed by atoms with Crippen LogP contribution in [0.4, 0.5) is 5.95 Å². The first-order valence-electron chi connectivity index (χ1n) is 6.78. The maximum Gasteiger partial charge on any atom is 0.225 e. The van der Waals surface area contributed by atoms with Gasteiger partial charge in [-0.1, -0.05) is 20.3 Å². The molecule has 1 fully saturated rings. The van der Waals surface area contributed by atoms with Gasteiger partial charge in [-0.25, -0.2) is 9.97 Å². The fraction of sp³-hybridized carbons (Fsp3) is 0.714. The van der Waals surface area contributed by atoms with Gasteiger partial charge >= 0.3 is 0 Å². The van der Waals surface area contributed by atoms with Crippen LogP contribution in [0.1, 0.15) is 45.2 Å². The summed E-state index contributed by atoms with van der Waals surface area (Å²) >= 11 is 0. The molecular formula is C14H23N3. The molecular weight excluding hydrogens is 210 g/mol. The van der Waals surface area contributed by atoms with Gasteiger partial charge in [-0.15, -0.1) is 0 Å². The van der Waals surface area contributed by atoms with Crippen LogP contribution < -0.4 is 4.90 Å². The molecule has 0 radical (unpaired) electrons. The second-order valence-electron chi connectivity index (χ2n) is 5.17. The summed E-state index contributed by atoms with van der Waals surface area (Å²) in [7, 11) is 0. The Hall–Kier alpha value is -1.12. The van der Waals surface area contributed by atoms with E-state index in [0.29, 0.717) is 6.04 Å². The molecule has 0 saturated carbocycles. The van der Waals surface area contributed by atoms with Crippen molar-refractivity contribution in [3.63, 3.8) is 0 Å². The minimum Gasteiger partial charge on any atom is -0.338 e. The highest BCUT2D eigenvalue weighted by molar-refractivity contribution is 5.34. The van der Waals surface area contributed by atoms with Crippen LogP contribution in [-0.2, 0) is 0 Å². The third kappa shape index (κ3) is 2.76. The van der Waals surface area contributed by atoms with Crippen LogP contribution in [0.25, 0.3) is 0 Å². The first-order valence-corrected chi connectivity index (χ1v) is 6.78. The number of nitrogens with zero attached hydrogens (tertiary/aromatic N) is 3. The van der Waals surface area contributed by atoms with Crippen LogP contribution in [0.2, 0.25) is 0 Å². The summed E-state index contributed by atoms with van der Waals surface area (Å²) in [5, 5.41) is 0. The van der Waals surface area contributed by atoms with Gasteiger partial charge in [-0.05, 0) is 38.2 Å². The molecule has 0 N–H and O–H groups in total. The molecule has 2 atom stereocenters. The molecule has 0 spiro atoms. The average Bonchev–Trinajstić information content (AvgIpc) is 2.78. The van der Waals surface area contributed by atoms with Crippen molar-refractivity contribution < 1.29 is 0 Å². The van der Waals surface area contributed by atoms with Crippen molar-refractivity contribution in [3.8, 4) is 0 Å². The second-order valence-corrected chi connectivity index (χ2v) is 5.17. The lowest BCUT2D eigenvalue weighted by atomic mass is 9.95. The fourth-order valence-electron chi connectivity index (χ4n) is 2.85. The summed E-state index contributed by atoms with van der Waals surface area (Å²) in [4.78, 5) is 11.4. The Labute approximate surface area is 104 Å². The molecule has 0 aliphatic carbocycles. The summed E-state index contributed by atoms with van der Waals surface area (Å²) in [6.45, 7) is 7.77. The third-order valence-corrected chi connectivity index (χ3v) is 3.74. The van der Waals surface area contributed by atoms with Crippen LogP contribution in [-0.4, -0.2) is 22.6 Å². The third-order valence-electron chi connectivity index (χ3n) is 3.74. The summed E-state index contributed by atoms with van der Waals surface area (Å²) in [5.41, 5.74) is 1.06. The molecule has 3 nitrogen and oxygen atoms in total. The SMILES string of the molecule is CCCC(C)C1CCCN1c1nccc(C)n1. The van der Waals surface area contributed by atoms with Gasteiger partial charge in [0.2, 0.25) is 5.95 Å². The number of aromatic nitrogens is 2. The van der Waals surface area contributed by atoms with E-state index >= 15 is 0 Å². The van der Waals surface area contributed by atoms with Gasteiger partial charge in [0.1, 0.15) is 0 Å². The van der Waals surface area contributed by atoms with Gasteiger partial charge in [0, 0.05) is 24.5 Å². The Morgan fingerprint density at radius 2 is 2.35 bits per heavy atom. The molecule has 1 saturated heterocycles. The van der Waals surface area contributed by atoms with E-state index in [1.807, 2.05) is 19.2 Å². The quantitative estimate of drug-likeness (QED) is 0.799. The molecule has 1 aliphatic rings. The zero-order chi connectivity index (χ0) is 12.3. The second kappa shape index (κ2) is 5.48. The van der Waals surface area contributed by atoms with Crippen LogP contribution in [0.3, 0.4) is 0 Å². The normalized spacial score (nSPS) is 21.8. The summed E-state index contributed by atoms with van der Waals surface area (Å²) in [5.74, 6) is 1.67. The zero-order valence-corrected chi connectivity index (χ0v) is 11.2. The maximum atomic E-state index is 4.56. The lowest BCUT2D eigenvalue weighted by Gasteiger charge is -2.29. The highest BCUT2D eigenvalue weighted by atomic mass is 15.3. The van der Waals surface area contributed by atoms with Gasteiger partial charge < -0.3 is 4.90 Å². The molecule has 1 aromatic rings. The number of aryl methyl sites for hydroxylation is 1. The highest BCUT2D eigenvalue weighted by Crippen LogP contribution is 2.29.